The van der Waals surface area contributed by atoms with Gasteiger partial charge in [0.15, 0.2) is 17.9 Å². The van der Waals surface area contributed by atoms with E-state index < -0.39 is 18.3 Å². The first-order valence-corrected chi connectivity index (χ1v) is 10.1. The number of fused-ring (bicyclic) bond motifs is 6. The molecule has 0 radical (unpaired) electrons. The van der Waals surface area contributed by atoms with Gasteiger partial charge in [0.05, 0.1) is 6.10 Å². The Balaban J connectivity index is 1.57. The van der Waals surface area contributed by atoms with Gasteiger partial charge in [-0.1, -0.05) is 12.5 Å². The summed E-state index contributed by atoms with van der Waals surface area (Å²) in [7, 11) is 0. The molecule has 5 rings (SSSR count). The predicted octanol–water partition coefficient (Wildman–Crippen LogP) is 2.00. The molecule has 4 fully saturated rings. The largest absolute Gasteiger partial charge is 0.389 e. The maximum absolute atomic E-state index is 12.4. The van der Waals surface area contributed by atoms with E-state index in [1.807, 2.05) is 6.08 Å². The molecule has 1 heterocycles. The Morgan fingerprint density at radius 1 is 1.31 bits per heavy atom. The smallest absolute Gasteiger partial charge is 0.162 e. The number of Topliss-reactive ketones (excluding diaryl/α,β-unsaturated/α-hetero) is 1. The van der Waals surface area contributed by atoms with Crippen molar-refractivity contribution >= 4 is 11.6 Å². The highest BCUT2D eigenvalue weighted by Gasteiger charge is 2.71. The molecule has 142 valence electrons. The van der Waals surface area contributed by atoms with Crippen LogP contribution >= 0.6 is 0 Å². The van der Waals surface area contributed by atoms with E-state index in [0.29, 0.717) is 24.7 Å². The highest BCUT2D eigenvalue weighted by Crippen LogP contribution is 2.71. The average Bonchev–Trinajstić information content (AvgIpc) is 3.14. The lowest BCUT2D eigenvalue weighted by molar-refractivity contribution is -0.160. The number of carbonyl (C=O) groups is 2. The van der Waals surface area contributed by atoms with Gasteiger partial charge in [-0.25, -0.2) is 0 Å². The molecule has 5 nitrogen and oxygen atoms in total. The molecule has 0 amide bonds. The summed E-state index contributed by atoms with van der Waals surface area (Å²) in [5, 5.41) is 20.4. The van der Waals surface area contributed by atoms with E-state index in [1.165, 1.54) is 5.57 Å². The minimum absolute atomic E-state index is 0.0310. The molecule has 1 spiro atoms. The molecule has 0 aromatic heterocycles. The fourth-order valence-electron chi connectivity index (χ4n) is 7.80. The van der Waals surface area contributed by atoms with E-state index in [4.69, 9.17) is 4.74 Å². The summed E-state index contributed by atoms with van der Waals surface area (Å²) in [5.74, 6) is 0.837. The first kappa shape index (κ1) is 17.1. The van der Waals surface area contributed by atoms with Crippen molar-refractivity contribution < 1.29 is 24.5 Å². The molecular formula is C21H28O5. The lowest BCUT2D eigenvalue weighted by Gasteiger charge is -2.57. The molecule has 0 aromatic rings. The fourth-order valence-corrected chi connectivity index (χ4v) is 7.80. The molecule has 5 heteroatoms. The van der Waals surface area contributed by atoms with Gasteiger partial charge in [0.1, 0.15) is 6.61 Å². The highest BCUT2D eigenvalue weighted by atomic mass is 16.6. The highest BCUT2D eigenvalue weighted by molar-refractivity contribution is 5.91. The van der Waals surface area contributed by atoms with Crippen molar-refractivity contribution in [3.8, 4) is 0 Å². The van der Waals surface area contributed by atoms with E-state index >= 15 is 0 Å². The second kappa shape index (κ2) is 5.49. The first-order chi connectivity index (χ1) is 12.4. The number of aliphatic hydroxyl groups excluding tert-OH is 2. The monoisotopic (exact) mass is 360 g/mol. The maximum atomic E-state index is 12.4. The second-order valence-electron chi connectivity index (χ2n) is 9.49. The molecule has 1 saturated heterocycles. The van der Waals surface area contributed by atoms with Crippen LogP contribution in [0.2, 0.25) is 0 Å². The molecule has 1 aliphatic heterocycles. The molecule has 0 unspecified atom stereocenters. The van der Waals surface area contributed by atoms with Crippen LogP contribution in [-0.2, 0) is 14.3 Å². The third-order valence-electron chi connectivity index (χ3n) is 8.79. The van der Waals surface area contributed by atoms with Crippen LogP contribution in [0.3, 0.4) is 0 Å². The van der Waals surface area contributed by atoms with Gasteiger partial charge in [0.2, 0.25) is 0 Å². The van der Waals surface area contributed by atoms with Gasteiger partial charge >= 0.3 is 0 Å². The van der Waals surface area contributed by atoms with Gasteiger partial charge in [-0.15, -0.1) is 0 Å². The van der Waals surface area contributed by atoms with Gasteiger partial charge in [-0.2, -0.15) is 0 Å². The summed E-state index contributed by atoms with van der Waals surface area (Å²) in [4.78, 5) is 24.4. The lowest BCUT2D eigenvalue weighted by atomic mass is 9.46. The summed E-state index contributed by atoms with van der Waals surface area (Å²) in [6.07, 6.45) is 6.72. The number of ketones is 2. The Bertz CT molecular complexity index is 699. The molecule has 2 bridgehead atoms. The van der Waals surface area contributed by atoms with Crippen LogP contribution in [0.15, 0.2) is 11.6 Å². The minimum atomic E-state index is -0.910. The minimum Gasteiger partial charge on any atom is -0.389 e. The van der Waals surface area contributed by atoms with Gasteiger partial charge in [0, 0.05) is 17.8 Å². The Hall–Kier alpha value is -1.04. The Morgan fingerprint density at radius 2 is 2.12 bits per heavy atom. The van der Waals surface area contributed by atoms with Gasteiger partial charge < -0.3 is 14.9 Å². The van der Waals surface area contributed by atoms with Crippen LogP contribution < -0.4 is 0 Å². The summed E-state index contributed by atoms with van der Waals surface area (Å²) in [6.45, 7) is 1.84. The van der Waals surface area contributed by atoms with Crippen molar-refractivity contribution in [1.82, 2.24) is 0 Å². The van der Waals surface area contributed by atoms with Crippen LogP contribution in [0.25, 0.3) is 0 Å². The van der Waals surface area contributed by atoms with E-state index in [2.05, 4.69) is 6.92 Å². The standard InChI is InChI=1S/C21H28O5/c1-20-7-6-12(23)8-11(20)2-3-13-14-4-5-15(16(24)10-22)21(14)9-17(18(13)20)26-19(21)25/h8,13-15,17-19,22,25H,2-7,9-10H2,1H3/t13-,14-,15+,17-,18-,19-,20-,21+/m0/s1. The maximum Gasteiger partial charge on any atom is 0.162 e. The number of allylic oxidation sites excluding steroid dienone is 1. The van der Waals surface area contributed by atoms with Crippen molar-refractivity contribution in [2.75, 3.05) is 6.61 Å². The summed E-state index contributed by atoms with van der Waals surface area (Å²) in [6, 6.07) is 0. The lowest BCUT2D eigenvalue weighted by Crippen LogP contribution is -2.55. The van der Waals surface area contributed by atoms with Crippen molar-refractivity contribution in [2.45, 2.75) is 64.3 Å². The topological polar surface area (TPSA) is 83.8 Å². The number of carbonyl (C=O) groups excluding carboxylic acids is 2. The van der Waals surface area contributed by atoms with E-state index in [-0.39, 0.29) is 34.9 Å². The Kier molecular flexibility index (Phi) is 3.61. The summed E-state index contributed by atoms with van der Waals surface area (Å²) < 4.78 is 6.13. The normalized spacial score (nSPS) is 52.1. The molecule has 2 N–H and O–H groups in total. The number of hydrogen-bond donors (Lipinski definition) is 2. The third kappa shape index (κ3) is 1.92. The Labute approximate surface area is 153 Å². The zero-order chi connectivity index (χ0) is 18.3. The molecule has 5 aliphatic rings. The quantitative estimate of drug-likeness (QED) is 0.787. The number of rotatable bonds is 2. The van der Waals surface area contributed by atoms with Crippen LogP contribution in [-0.4, -0.2) is 40.8 Å². The van der Waals surface area contributed by atoms with Crippen molar-refractivity contribution in [3.63, 3.8) is 0 Å². The van der Waals surface area contributed by atoms with Crippen LogP contribution in [0, 0.1) is 34.5 Å². The molecule has 8 atom stereocenters. The van der Waals surface area contributed by atoms with Gasteiger partial charge in [0.25, 0.3) is 0 Å². The van der Waals surface area contributed by atoms with Gasteiger partial charge in [-0.3, -0.25) is 9.59 Å². The predicted molar refractivity (Wildman–Crippen MR) is 92.9 cm³/mol. The number of aliphatic hydroxyl groups is 2. The van der Waals surface area contributed by atoms with Crippen molar-refractivity contribution in [2.24, 2.45) is 34.5 Å². The SMILES string of the molecule is C[C@]12CCC(=O)C=C1CC[C@@H]1[C@H]2[C@@H]2C[C@@]3([C@@H](C(=O)CO)CC[C@@H]13)[C@@H](O)O2. The Morgan fingerprint density at radius 3 is 2.88 bits per heavy atom. The van der Waals surface area contributed by atoms with Gasteiger partial charge in [-0.05, 0) is 67.8 Å². The molecule has 4 aliphatic carbocycles. The second-order valence-corrected chi connectivity index (χ2v) is 9.49. The van der Waals surface area contributed by atoms with E-state index in [9.17, 15) is 19.8 Å². The van der Waals surface area contributed by atoms with E-state index in [1.54, 1.807) is 0 Å². The molecule has 3 saturated carbocycles. The first-order valence-electron chi connectivity index (χ1n) is 10.1. The van der Waals surface area contributed by atoms with Crippen molar-refractivity contribution in [3.05, 3.63) is 11.6 Å². The van der Waals surface area contributed by atoms with Crippen LogP contribution in [0.4, 0.5) is 0 Å². The van der Waals surface area contributed by atoms with Crippen LogP contribution in [0.1, 0.15) is 51.9 Å². The average molecular weight is 360 g/mol. The number of hydrogen-bond acceptors (Lipinski definition) is 5. The molecule has 0 aromatic carbocycles. The molecular weight excluding hydrogens is 332 g/mol. The summed E-state index contributed by atoms with van der Waals surface area (Å²) >= 11 is 0. The van der Waals surface area contributed by atoms with Crippen LogP contribution in [0.5, 0.6) is 0 Å². The molecule has 26 heavy (non-hydrogen) atoms. The fraction of sp³-hybridized carbons (Fsp3) is 0.810. The number of ether oxygens (including phenoxy) is 1. The zero-order valence-corrected chi connectivity index (χ0v) is 15.3. The third-order valence-corrected chi connectivity index (χ3v) is 8.79. The van der Waals surface area contributed by atoms with E-state index in [0.717, 1.165) is 32.1 Å². The van der Waals surface area contributed by atoms with Crippen molar-refractivity contribution in [1.29, 1.82) is 0 Å². The summed E-state index contributed by atoms with van der Waals surface area (Å²) in [5.41, 5.74) is 0.735. The zero-order valence-electron chi connectivity index (χ0n) is 15.3.